The average Bonchev–Trinajstić information content (AvgIpc) is 2.78. The summed E-state index contributed by atoms with van der Waals surface area (Å²) in [6.45, 7) is 0. The number of hydrogen-bond acceptors (Lipinski definition) is 3. The second kappa shape index (κ2) is 5.47. The van der Waals surface area contributed by atoms with Gasteiger partial charge in [0.15, 0.2) is 0 Å². The van der Waals surface area contributed by atoms with Crippen LogP contribution in [0.2, 0.25) is 0 Å². The summed E-state index contributed by atoms with van der Waals surface area (Å²) in [5.74, 6) is -1.03. The van der Waals surface area contributed by atoms with Crippen molar-refractivity contribution in [3.05, 3.63) is 70.8 Å². The fourth-order valence-electron chi connectivity index (χ4n) is 2.28. The van der Waals surface area contributed by atoms with Crippen LogP contribution in [0.15, 0.2) is 59.6 Å². The molecule has 0 unspecified atom stereocenters. The van der Waals surface area contributed by atoms with E-state index in [2.05, 4.69) is 0 Å². The number of hydrogen-bond donors (Lipinski definition) is 0. The van der Waals surface area contributed by atoms with E-state index in [4.69, 9.17) is 16.9 Å². The fourth-order valence-corrected chi connectivity index (χ4v) is 2.55. The van der Waals surface area contributed by atoms with Crippen LogP contribution in [-0.4, -0.2) is 11.8 Å². The van der Waals surface area contributed by atoms with Crippen molar-refractivity contribution in [1.82, 2.24) is 0 Å². The number of nitrogens with zero attached hydrogens (tertiary/aromatic N) is 2. The van der Waals surface area contributed by atoms with Gasteiger partial charge < -0.3 is 0 Å². The smallest absolute Gasteiger partial charge is 0.268 e. The van der Waals surface area contributed by atoms with Gasteiger partial charge >= 0.3 is 0 Å². The third-order valence-corrected chi connectivity index (χ3v) is 3.70. The molecule has 2 aromatic carbocycles. The summed E-state index contributed by atoms with van der Waals surface area (Å²) in [5.41, 5.74) is 1.63. The van der Waals surface area contributed by atoms with Crippen LogP contribution >= 0.6 is 11.6 Å². The standard InChI is InChI=1S/C17H9ClN2O2/c18-15-14(12-4-2-1-3-5-12)16(21)20(17(15)22)13-8-6-11(10-19)7-9-13/h1-9H. The molecule has 0 N–H and O–H groups in total. The van der Waals surface area contributed by atoms with Crippen molar-refractivity contribution in [2.75, 3.05) is 4.90 Å². The number of carbonyl (C=O) groups is 2. The number of nitriles is 1. The minimum atomic E-state index is -0.560. The lowest BCUT2D eigenvalue weighted by Gasteiger charge is -2.14. The third-order valence-electron chi connectivity index (χ3n) is 3.34. The molecular formula is C17H9ClN2O2. The monoisotopic (exact) mass is 308 g/mol. The van der Waals surface area contributed by atoms with Crippen LogP contribution in [-0.2, 0) is 9.59 Å². The third kappa shape index (κ3) is 2.18. The number of rotatable bonds is 2. The zero-order chi connectivity index (χ0) is 15.7. The second-order valence-electron chi connectivity index (χ2n) is 4.66. The highest BCUT2D eigenvalue weighted by Gasteiger charge is 2.39. The highest BCUT2D eigenvalue weighted by molar-refractivity contribution is 6.60. The van der Waals surface area contributed by atoms with Crippen molar-refractivity contribution in [3.63, 3.8) is 0 Å². The second-order valence-corrected chi connectivity index (χ2v) is 5.04. The lowest BCUT2D eigenvalue weighted by molar-refractivity contribution is -0.119. The molecule has 106 valence electrons. The summed E-state index contributed by atoms with van der Waals surface area (Å²) in [6.07, 6.45) is 0. The largest absolute Gasteiger partial charge is 0.277 e. The Bertz CT molecular complexity index is 833. The van der Waals surface area contributed by atoms with Gasteiger partial charge in [0, 0.05) is 0 Å². The van der Waals surface area contributed by atoms with Crippen LogP contribution in [0.4, 0.5) is 5.69 Å². The van der Waals surface area contributed by atoms with Crippen molar-refractivity contribution in [2.24, 2.45) is 0 Å². The number of anilines is 1. The van der Waals surface area contributed by atoms with Crippen LogP contribution in [0, 0.1) is 11.3 Å². The first-order valence-electron chi connectivity index (χ1n) is 6.47. The van der Waals surface area contributed by atoms with Gasteiger partial charge in [-0.15, -0.1) is 0 Å². The van der Waals surface area contributed by atoms with Crippen molar-refractivity contribution in [3.8, 4) is 6.07 Å². The molecule has 0 saturated heterocycles. The van der Waals surface area contributed by atoms with Gasteiger partial charge in [-0.3, -0.25) is 9.59 Å². The molecule has 0 fully saturated rings. The Kier molecular flexibility index (Phi) is 3.50. The van der Waals surface area contributed by atoms with E-state index in [9.17, 15) is 9.59 Å². The molecule has 0 saturated carbocycles. The van der Waals surface area contributed by atoms with Gasteiger partial charge in [-0.1, -0.05) is 41.9 Å². The molecule has 2 amide bonds. The minimum Gasteiger partial charge on any atom is -0.268 e. The molecule has 1 heterocycles. The summed E-state index contributed by atoms with van der Waals surface area (Å²) < 4.78 is 0. The van der Waals surface area contributed by atoms with Gasteiger partial charge in [-0.25, -0.2) is 4.90 Å². The quantitative estimate of drug-likeness (QED) is 0.801. The molecule has 1 aliphatic rings. The Morgan fingerprint density at radius 1 is 0.909 bits per heavy atom. The highest BCUT2D eigenvalue weighted by Crippen LogP contribution is 2.34. The Hall–Kier alpha value is -2.90. The number of imide groups is 1. The van der Waals surface area contributed by atoms with E-state index < -0.39 is 11.8 Å². The molecule has 4 nitrogen and oxygen atoms in total. The minimum absolute atomic E-state index is 0.0967. The maximum absolute atomic E-state index is 12.6. The molecular weight excluding hydrogens is 300 g/mol. The number of carbonyl (C=O) groups excluding carboxylic acids is 2. The topological polar surface area (TPSA) is 61.2 Å². The predicted octanol–water partition coefficient (Wildman–Crippen LogP) is 3.08. The lowest BCUT2D eigenvalue weighted by Crippen LogP contribution is -2.31. The van der Waals surface area contributed by atoms with Gasteiger partial charge in [-0.2, -0.15) is 5.26 Å². The molecule has 0 radical (unpaired) electrons. The summed E-state index contributed by atoms with van der Waals surface area (Å²) in [6, 6.07) is 17.0. The van der Waals surface area contributed by atoms with Crippen LogP contribution in [0.5, 0.6) is 0 Å². The Balaban J connectivity index is 2.02. The van der Waals surface area contributed by atoms with Gasteiger partial charge in [0.2, 0.25) is 0 Å². The first kappa shape index (κ1) is 14.1. The van der Waals surface area contributed by atoms with Gasteiger partial charge in [-0.05, 0) is 29.8 Å². The zero-order valence-corrected chi connectivity index (χ0v) is 12.0. The lowest BCUT2D eigenvalue weighted by atomic mass is 10.1. The molecule has 3 rings (SSSR count). The number of halogens is 1. The van der Waals surface area contributed by atoms with E-state index in [1.807, 2.05) is 12.1 Å². The van der Waals surface area contributed by atoms with Gasteiger partial charge in [0.05, 0.1) is 22.9 Å². The average molecular weight is 309 g/mol. The van der Waals surface area contributed by atoms with Crippen molar-refractivity contribution in [2.45, 2.75) is 0 Å². The van der Waals surface area contributed by atoms with E-state index in [-0.39, 0.29) is 10.6 Å². The summed E-state index contributed by atoms with van der Waals surface area (Å²) in [7, 11) is 0. The van der Waals surface area contributed by atoms with Crippen LogP contribution in [0.1, 0.15) is 11.1 Å². The normalized spacial score (nSPS) is 14.5. The van der Waals surface area contributed by atoms with Crippen molar-refractivity contribution < 1.29 is 9.59 Å². The van der Waals surface area contributed by atoms with E-state index in [0.29, 0.717) is 16.8 Å². The van der Waals surface area contributed by atoms with Crippen LogP contribution in [0.3, 0.4) is 0 Å². The van der Waals surface area contributed by atoms with Gasteiger partial charge in [0.25, 0.3) is 11.8 Å². The van der Waals surface area contributed by atoms with Gasteiger partial charge in [0.1, 0.15) is 5.03 Å². The number of amides is 2. The van der Waals surface area contributed by atoms with Crippen molar-refractivity contribution in [1.29, 1.82) is 5.26 Å². The first-order valence-corrected chi connectivity index (χ1v) is 6.85. The Morgan fingerprint density at radius 3 is 2.14 bits per heavy atom. The molecule has 0 aliphatic carbocycles. The zero-order valence-electron chi connectivity index (χ0n) is 11.3. The molecule has 2 aromatic rings. The highest BCUT2D eigenvalue weighted by atomic mass is 35.5. The SMILES string of the molecule is N#Cc1ccc(N2C(=O)C(Cl)=C(c3ccccc3)C2=O)cc1. The molecule has 5 heteroatoms. The molecule has 0 aromatic heterocycles. The summed E-state index contributed by atoms with van der Waals surface area (Å²) in [5, 5.41) is 8.71. The van der Waals surface area contributed by atoms with Crippen LogP contribution < -0.4 is 4.90 Å². The van der Waals surface area contributed by atoms with E-state index >= 15 is 0 Å². The molecule has 1 aliphatic heterocycles. The molecule has 0 spiro atoms. The van der Waals surface area contributed by atoms with Crippen LogP contribution in [0.25, 0.3) is 5.57 Å². The summed E-state index contributed by atoms with van der Waals surface area (Å²) in [4.78, 5) is 25.9. The summed E-state index contributed by atoms with van der Waals surface area (Å²) >= 11 is 6.08. The first-order chi connectivity index (χ1) is 10.6. The maximum atomic E-state index is 12.6. The predicted molar refractivity (Wildman–Crippen MR) is 82.9 cm³/mol. The van der Waals surface area contributed by atoms with E-state index in [1.54, 1.807) is 48.5 Å². The molecule has 0 atom stereocenters. The van der Waals surface area contributed by atoms with E-state index in [1.165, 1.54) is 0 Å². The van der Waals surface area contributed by atoms with Crippen molar-refractivity contribution >= 4 is 34.7 Å². The Labute approximate surface area is 131 Å². The molecule has 22 heavy (non-hydrogen) atoms. The maximum Gasteiger partial charge on any atom is 0.277 e. The Morgan fingerprint density at radius 2 is 1.55 bits per heavy atom. The number of benzene rings is 2. The fraction of sp³-hybridized carbons (Fsp3) is 0. The molecule has 0 bridgehead atoms. The van der Waals surface area contributed by atoms with E-state index in [0.717, 1.165) is 4.90 Å².